The molecule has 4 nitrogen and oxygen atoms in total. The van der Waals surface area contributed by atoms with Crippen molar-refractivity contribution in [3.05, 3.63) is 29.8 Å². The third-order valence-electron chi connectivity index (χ3n) is 5.12. The average molecular weight is 289 g/mol. The van der Waals surface area contributed by atoms with Crippen molar-refractivity contribution < 1.29 is 14.6 Å². The predicted octanol–water partition coefficient (Wildman–Crippen LogP) is 2.57. The smallest absolute Gasteiger partial charge is 0.309 e. The fraction of sp³-hybridized carbons (Fsp3) is 0.588. The Morgan fingerprint density at radius 3 is 2.71 bits per heavy atom. The summed E-state index contributed by atoms with van der Waals surface area (Å²) >= 11 is 0. The van der Waals surface area contributed by atoms with E-state index in [1.807, 2.05) is 25.1 Å². The Hall–Kier alpha value is -1.55. The Morgan fingerprint density at radius 1 is 1.38 bits per heavy atom. The molecule has 2 aliphatic heterocycles. The number of rotatable bonds is 4. The number of benzene rings is 1. The van der Waals surface area contributed by atoms with Gasteiger partial charge in [0.1, 0.15) is 11.9 Å². The molecule has 0 aromatic heterocycles. The molecule has 2 heterocycles. The number of likely N-dealkylation sites (tertiary alicyclic amines) is 1. The van der Waals surface area contributed by atoms with Gasteiger partial charge in [-0.05, 0) is 44.0 Å². The van der Waals surface area contributed by atoms with E-state index in [0.29, 0.717) is 0 Å². The molecule has 0 bridgehead atoms. The van der Waals surface area contributed by atoms with E-state index in [4.69, 9.17) is 4.74 Å². The van der Waals surface area contributed by atoms with Crippen LogP contribution in [0.3, 0.4) is 0 Å². The van der Waals surface area contributed by atoms with E-state index >= 15 is 0 Å². The zero-order valence-electron chi connectivity index (χ0n) is 12.5. The van der Waals surface area contributed by atoms with E-state index in [9.17, 15) is 9.90 Å². The number of hydrogen-bond acceptors (Lipinski definition) is 3. The topological polar surface area (TPSA) is 49.8 Å². The normalized spacial score (nSPS) is 24.3. The van der Waals surface area contributed by atoms with Crippen LogP contribution >= 0.6 is 0 Å². The molecule has 114 valence electrons. The standard InChI is InChI=1S/C17H23NO3/c1-2-17(16(19)20)7-9-18(10-8-17)12-14-11-13-5-3-4-6-15(13)21-14/h3-6,14H,2,7-12H2,1H3,(H,19,20). The Labute approximate surface area is 125 Å². The number of aliphatic carboxylic acids is 1. The molecular formula is C17H23NO3. The second-order valence-corrected chi connectivity index (χ2v) is 6.29. The first-order valence-corrected chi connectivity index (χ1v) is 7.83. The minimum Gasteiger partial charge on any atom is -0.488 e. The summed E-state index contributed by atoms with van der Waals surface area (Å²) in [6.07, 6.45) is 3.39. The first kappa shape index (κ1) is 14.4. The summed E-state index contributed by atoms with van der Waals surface area (Å²) in [5.74, 6) is 0.377. The molecule has 1 fully saturated rings. The first-order valence-electron chi connectivity index (χ1n) is 7.83. The maximum absolute atomic E-state index is 11.5. The number of carboxylic acid groups (broad SMARTS) is 1. The van der Waals surface area contributed by atoms with Crippen LogP contribution in [-0.4, -0.2) is 41.7 Å². The van der Waals surface area contributed by atoms with Crippen LogP contribution in [0.15, 0.2) is 24.3 Å². The van der Waals surface area contributed by atoms with E-state index in [1.54, 1.807) is 0 Å². The SMILES string of the molecule is CCC1(C(=O)O)CCN(CC2Cc3ccccc3O2)CC1. The van der Waals surface area contributed by atoms with E-state index in [0.717, 1.165) is 51.1 Å². The Morgan fingerprint density at radius 2 is 2.10 bits per heavy atom. The summed E-state index contributed by atoms with van der Waals surface area (Å²) in [7, 11) is 0. The predicted molar refractivity (Wildman–Crippen MR) is 80.6 cm³/mol. The van der Waals surface area contributed by atoms with Gasteiger partial charge in [0.25, 0.3) is 0 Å². The molecule has 0 radical (unpaired) electrons. The van der Waals surface area contributed by atoms with Gasteiger partial charge in [-0.25, -0.2) is 0 Å². The van der Waals surface area contributed by atoms with Gasteiger partial charge in [-0.3, -0.25) is 9.69 Å². The number of hydrogen-bond donors (Lipinski definition) is 1. The van der Waals surface area contributed by atoms with Crippen LogP contribution in [0.4, 0.5) is 0 Å². The van der Waals surface area contributed by atoms with Gasteiger partial charge in [0.15, 0.2) is 0 Å². The maximum Gasteiger partial charge on any atom is 0.309 e. The zero-order valence-corrected chi connectivity index (χ0v) is 12.5. The quantitative estimate of drug-likeness (QED) is 0.925. The van der Waals surface area contributed by atoms with E-state index in [2.05, 4.69) is 11.0 Å². The van der Waals surface area contributed by atoms with E-state index < -0.39 is 11.4 Å². The summed E-state index contributed by atoms with van der Waals surface area (Å²) in [5.41, 5.74) is 0.781. The van der Waals surface area contributed by atoms with Crippen LogP contribution in [0, 0.1) is 5.41 Å². The fourth-order valence-corrected chi connectivity index (χ4v) is 3.53. The van der Waals surface area contributed by atoms with E-state index in [-0.39, 0.29) is 6.10 Å². The van der Waals surface area contributed by atoms with Crippen molar-refractivity contribution in [3.63, 3.8) is 0 Å². The highest BCUT2D eigenvalue weighted by atomic mass is 16.5. The molecular weight excluding hydrogens is 266 g/mol. The van der Waals surface area contributed by atoms with Gasteiger partial charge in [0, 0.05) is 13.0 Å². The molecule has 1 atom stereocenters. The third kappa shape index (κ3) is 2.77. The number of fused-ring (bicyclic) bond motifs is 1. The molecule has 1 saturated heterocycles. The Kier molecular flexibility index (Phi) is 3.89. The molecule has 2 aliphatic rings. The molecule has 3 rings (SSSR count). The monoisotopic (exact) mass is 289 g/mol. The van der Waals surface area contributed by atoms with Crippen LogP contribution in [0.1, 0.15) is 31.7 Å². The number of carboxylic acids is 1. The van der Waals surface area contributed by atoms with Crippen molar-refractivity contribution >= 4 is 5.97 Å². The zero-order chi connectivity index (χ0) is 14.9. The Bertz CT molecular complexity index is 496. The molecule has 1 aromatic carbocycles. The first-order chi connectivity index (χ1) is 10.1. The number of nitrogens with zero attached hydrogens (tertiary/aromatic N) is 1. The maximum atomic E-state index is 11.5. The highest BCUT2D eigenvalue weighted by molar-refractivity contribution is 5.74. The van der Waals surface area contributed by atoms with Crippen molar-refractivity contribution in [1.82, 2.24) is 4.90 Å². The third-order valence-corrected chi connectivity index (χ3v) is 5.12. The summed E-state index contributed by atoms with van der Waals surface area (Å²) in [6.45, 7) is 4.60. The average Bonchev–Trinajstić information content (AvgIpc) is 2.90. The van der Waals surface area contributed by atoms with Crippen molar-refractivity contribution in [2.24, 2.45) is 5.41 Å². The fourth-order valence-electron chi connectivity index (χ4n) is 3.53. The highest BCUT2D eigenvalue weighted by Crippen LogP contribution is 2.36. The van der Waals surface area contributed by atoms with Crippen LogP contribution in [0.5, 0.6) is 5.75 Å². The molecule has 0 saturated carbocycles. The van der Waals surface area contributed by atoms with Gasteiger partial charge >= 0.3 is 5.97 Å². The number of ether oxygens (including phenoxy) is 1. The van der Waals surface area contributed by atoms with Gasteiger partial charge < -0.3 is 9.84 Å². The molecule has 0 aliphatic carbocycles. The number of carbonyl (C=O) groups is 1. The summed E-state index contributed by atoms with van der Waals surface area (Å²) in [6, 6.07) is 8.20. The van der Waals surface area contributed by atoms with Crippen LogP contribution in [0.25, 0.3) is 0 Å². The lowest BCUT2D eigenvalue weighted by atomic mass is 9.76. The highest BCUT2D eigenvalue weighted by Gasteiger charge is 2.40. The molecule has 1 unspecified atom stereocenters. The van der Waals surface area contributed by atoms with Gasteiger partial charge in [0.05, 0.1) is 5.41 Å². The molecule has 0 amide bonds. The minimum atomic E-state index is -0.630. The van der Waals surface area contributed by atoms with Crippen LogP contribution in [-0.2, 0) is 11.2 Å². The van der Waals surface area contributed by atoms with Crippen molar-refractivity contribution in [3.8, 4) is 5.75 Å². The molecule has 0 spiro atoms. The molecule has 21 heavy (non-hydrogen) atoms. The van der Waals surface area contributed by atoms with Crippen molar-refractivity contribution in [2.75, 3.05) is 19.6 Å². The van der Waals surface area contributed by atoms with E-state index in [1.165, 1.54) is 5.56 Å². The second-order valence-electron chi connectivity index (χ2n) is 6.29. The Balaban J connectivity index is 1.54. The number of piperidine rings is 1. The second kappa shape index (κ2) is 5.68. The van der Waals surface area contributed by atoms with Crippen molar-refractivity contribution in [2.45, 2.75) is 38.7 Å². The van der Waals surface area contributed by atoms with Crippen LogP contribution in [0.2, 0.25) is 0 Å². The molecule has 1 aromatic rings. The largest absolute Gasteiger partial charge is 0.488 e. The van der Waals surface area contributed by atoms with Crippen LogP contribution < -0.4 is 4.74 Å². The van der Waals surface area contributed by atoms with Gasteiger partial charge in [-0.1, -0.05) is 25.1 Å². The molecule has 4 heteroatoms. The minimum absolute atomic E-state index is 0.210. The number of para-hydroxylation sites is 1. The molecule has 1 N–H and O–H groups in total. The van der Waals surface area contributed by atoms with Crippen molar-refractivity contribution in [1.29, 1.82) is 0 Å². The lowest BCUT2D eigenvalue weighted by molar-refractivity contribution is -0.152. The van der Waals surface area contributed by atoms with Gasteiger partial charge in [-0.2, -0.15) is 0 Å². The lowest BCUT2D eigenvalue weighted by Crippen LogP contribution is -2.46. The summed E-state index contributed by atoms with van der Waals surface area (Å²) in [4.78, 5) is 13.8. The summed E-state index contributed by atoms with van der Waals surface area (Å²) < 4.78 is 5.98. The van der Waals surface area contributed by atoms with Gasteiger partial charge in [0.2, 0.25) is 0 Å². The van der Waals surface area contributed by atoms with Gasteiger partial charge in [-0.15, -0.1) is 0 Å². The lowest BCUT2D eigenvalue weighted by Gasteiger charge is -2.39. The summed E-state index contributed by atoms with van der Waals surface area (Å²) in [5, 5.41) is 9.43.